The highest BCUT2D eigenvalue weighted by atomic mass is 32.1. The van der Waals surface area contributed by atoms with Crippen molar-refractivity contribution in [1.82, 2.24) is 20.0 Å². The Morgan fingerprint density at radius 3 is 2.53 bits per heavy atom. The third-order valence-corrected chi connectivity index (χ3v) is 3.21. The molecule has 5 nitrogen and oxygen atoms in total. The number of nitrogens with two attached hydrogens (primary N) is 1. The molecule has 0 saturated carbocycles. The summed E-state index contributed by atoms with van der Waals surface area (Å²) in [5.41, 5.74) is 9.72. The molecule has 0 spiro atoms. The summed E-state index contributed by atoms with van der Waals surface area (Å²) in [5, 5.41) is 12.8. The SMILES string of the molecule is CCc1nnc(-n2cc(C)cn2)c(C(N)=S)c1CC. The van der Waals surface area contributed by atoms with Crippen molar-refractivity contribution in [3.8, 4) is 5.82 Å². The highest BCUT2D eigenvalue weighted by Gasteiger charge is 2.18. The molecule has 0 saturated heterocycles. The van der Waals surface area contributed by atoms with Gasteiger partial charge in [-0.2, -0.15) is 10.2 Å². The van der Waals surface area contributed by atoms with E-state index in [9.17, 15) is 0 Å². The average molecular weight is 275 g/mol. The van der Waals surface area contributed by atoms with Crippen molar-refractivity contribution in [3.05, 3.63) is 34.8 Å². The third-order valence-electron chi connectivity index (χ3n) is 3.00. The average Bonchev–Trinajstić information content (AvgIpc) is 2.83. The van der Waals surface area contributed by atoms with Gasteiger partial charge in [0.05, 0.1) is 17.5 Å². The highest BCUT2D eigenvalue weighted by molar-refractivity contribution is 7.80. The molecule has 0 aliphatic rings. The Hall–Kier alpha value is -1.82. The quantitative estimate of drug-likeness (QED) is 0.861. The molecule has 2 rings (SSSR count). The summed E-state index contributed by atoms with van der Waals surface area (Å²) < 4.78 is 1.68. The van der Waals surface area contributed by atoms with Gasteiger partial charge in [-0.15, -0.1) is 5.10 Å². The van der Waals surface area contributed by atoms with Crippen molar-refractivity contribution >= 4 is 17.2 Å². The molecular formula is C13H17N5S. The zero-order chi connectivity index (χ0) is 14.0. The van der Waals surface area contributed by atoms with E-state index in [-0.39, 0.29) is 0 Å². The van der Waals surface area contributed by atoms with Crippen LogP contribution in [0.25, 0.3) is 5.82 Å². The zero-order valence-corrected chi connectivity index (χ0v) is 12.2. The maximum absolute atomic E-state index is 5.88. The fourth-order valence-corrected chi connectivity index (χ4v) is 2.32. The van der Waals surface area contributed by atoms with Gasteiger partial charge >= 0.3 is 0 Å². The first-order valence-corrected chi connectivity index (χ1v) is 6.69. The van der Waals surface area contributed by atoms with Crippen molar-refractivity contribution in [2.45, 2.75) is 33.6 Å². The minimum absolute atomic E-state index is 0.338. The summed E-state index contributed by atoms with van der Waals surface area (Å²) in [6.07, 6.45) is 5.28. The molecule has 2 aromatic rings. The van der Waals surface area contributed by atoms with Crippen LogP contribution < -0.4 is 5.73 Å². The number of hydrogen-bond donors (Lipinski definition) is 1. The Balaban J connectivity index is 2.71. The number of nitrogens with zero attached hydrogens (tertiary/aromatic N) is 4. The Bertz CT molecular complexity index is 617. The van der Waals surface area contributed by atoms with Crippen molar-refractivity contribution < 1.29 is 0 Å². The van der Waals surface area contributed by atoms with Gasteiger partial charge in [-0.1, -0.05) is 26.1 Å². The number of rotatable bonds is 4. The summed E-state index contributed by atoms with van der Waals surface area (Å²) in [6.45, 7) is 6.08. The van der Waals surface area contributed by atoms with Crippen molar-refractivity contribution in [2.75, 3.05) is 0 Å². The number of hydrogen-bond acceptors (Lipinski definition) is 4. The van der Waals surface area contributed by atoms with Gasteiger partial charge in [-0.05, 0) is 30.9 Å². The lowest BCUT2D eigenvalue weighted by atomic mass is 10.0. The maximum Gasteiger partial charge on any atom is 0.186 e. The van der Waals surface area contributed by atoms with E-state index in [2.05, 4.69) is 22.2 Å². The van der Waals surface area contributed by atoms with Crippen molar-refractivity contribution in [2.24, 2.45) is 5.73 Å². The van der Waals surface area contributed by atoms with Crippen LogP contribution in [0.5, 0.6) is 0 Å². The Labute approximate surface area is 117 Å². The van der Waals surface area contributed by atoms with E-state index in [0.29, 0.717) is 10.8 Å². The first kappa shape index (κ1) is 13.6. The van der Waals surface area contributed by atoms with E-state index in [1.54, 1.807) is 10.9 Å². The first-order valence-electron chi connectivity index (χ1n) is 6.28. The second-order valence-corrected chi connectivity index (χ2v) is 4.80. The molecule has 0 bridgehead atoms. The van der Waals surface area contributed by atoms with Crippen molar-refractivity contribution in [3.63, 3.8) is 0 Å². The monoisotopic (exact) mass is 275 g/mol. The van der Waals surface area contributed by atoms with Gasteiger partial charge in [-0.25, -0.2) is 4.68 Å². The van der Waals surface area contributed by atoms with Gasteiger partial charge < -0.3 is 5.73 Å². The number of aromatic nitrogens is 4. The van der Waals surface area contributed by atoms with E-state index < -0.39 is 0 Å². The molecule has 19 heavy (non-hydrogen) atoms. The molecule has 2 aromatic heterocycles. The molecule has 100 valence electrons. The van der Waals surface area contributed by atoms with Crippen LogP contribution in [-0.4, -0.2) is 25.0 Å². The van der Waals surface area contributed by atoms with E-state index in [0.717, 1.165) is 35.2 Å². The summed E-state index contributed by atoms with van der Waals surface area (Å²) in [6, 6.07) is 0. The Morgan fingerprint density at radius 1 is 1.32 bits per heavy atom. The largest absolute Gasteiger partial charge is 0.389 e. The van der Waals surface area contributed by atoms with Gasteiger partial charge in [0.1, 0.15) is 4.99 Å². The predicted octanol–water partition coefficient (Wildman–Crippen LogP) is 1.73. The van der Waals surface area contributed by atoms with Gasteiger partial charge in [0, 0.05) is 6.20 Å². The van der Waals surface area contributed by atoms with Crippen molar-refractivity contribution in [1.29, 1.82) is 0 Å². The first-order chi connectivity index (χ1) is 9.08. The van der Waals surface area contributed by atoms with Crippen LogP contribution in [0.4, 0.5) is 0 Å². The molecule has 0 unspecified atom stereocenters. The normalized spacial score (nSPS) is 10.7. The summed E-state index contributed by atoms with van der Waals surface area (Å²) in [7, 11) is 0. The number of thiocarbonyl (C=S) groups is 1. The predicted molar refractivity (Wildman–Crippen MR) is 78.5 cm³/mol. The Morgan fingerprint density at radius 2 is 2.05 bits per heavy atom. The van der Waals surface area contributed by atoms with Crippen LogP contribution in [-0.2, 0) is 12.8 Å². The second-order valence-electron chi connectivity index (χ2n) is 4.36. The van der Waals surface area contributed by atoms with E-state index in [1.807, 2.05) is 20.0 Å². The van der Waals surface area contributed by atoms with E-state index in [1.165, 1.54) is 0 Å². The van der Waals surface area contributed by atoms with Crippen LogP contribution in [0.2, 0.25) is 0 Å². The molecule has 0 aliphatic heterocycles. The molecule has 0 amide bonds. The van der Waals surface area contributed by atoms with E-state index in [4.69, 9.17) is 18.0 Å². The minimum Gasteiger partial charge on any atom is -0.389 e. The van der Waals surface area contributed by atoms with Crippen LogP contribution in [0.3, 0.4) is 0 Å². The maximum atomic E-state index is 5.88. The van der Waals surface area contributed by atoms with Crippen LogP contribution in [0.15, 0.2) is 12.4 Å². The van der Waals surface area contributed by atoms with Gasteiger partial charge in [0.15, 0.2) is 5.82 Å². The second kappa shape index (κ2) is 5.44. The molecule has 0 radical (unpaired) electrons. The van der Waals surface area contributed by atoms with Gasteiger partial charge in [0.25, 0.3) is 0 Å². The molecular weight excluding hydrogens is 258 g/mol. The lowest BCUT2D eigenvalue weighted by Gasteiger charge is -2.14. The summed E-state index contributed by atoms with van der Waals surface area (Å²) >= 11 is 5.19. The molecule has 0 atom stereocenters. The number of aryl methyl sites for hydroxylation is 2. The van der Waals surface area contributed by atoms with E-state index >= 15 is 0 Å². The fraction of sp³-hybridized carbons (Fsp3) is 0.385. The summed E-state index contributed by atoms with van der Waals surface area (Å²) in [5.74, 6) is 0.606. The molecule has 2 N–H and O–H groups in total. The third kappa shape index (κ3) is 2.49. The molecule has 2 heterocycles. The summed E-state index contributed by atoms with van der Waals surface area (Å²) in [4.78, 5) is 0.338. The standard InChI is InChI=1S/C13H17N5S/c1-4-9-10(5-2)16-17-13(11(9)12(14)19)18-7-8(3)6-15-18/h6-7H,4-5H2,1-3H3,(H2,14,19). The smallest absolute Gasteiger partial charge is 0.186 e. The molecule has 0 aliphatic carbocycles. The fourth-order valence-electron chi connectivity index (χ4n) is 2.11. The lowest BCUT2D eigenvalue weighted by Crippen LogP contribution is -2.20. The molecule has 0 fully saturated rings. The van der Waals surface area contributed by atoms with Gasteiger partial charge in [-0.3, -0.25) is 0 Å². The highest BCUT2D eigenvalue weighted by Crippen LogP contribution is 2.20. The molecule has 6 heteroatoms. The van der Waals surface area contributed by atoms with Crippen LogP contribution >= 0.6 is 12.2 Å². The minimum atomic E-state index is 0.338. The van der Waals surface area contributed by atoms with Crippen LogP contribution in [0, 0.1) is 6.92 Å². The van der Waals surface area contributed by atoms with Crippen LogP contribution in [0.1, 0.15) is 36.2 Å². The Kier molecular flexibility index (Phi) is 3.90. The van der Waals surface area contributed by atoms with Gasteiger partial charge in [0.2, 0.25) is 0 Å². The molecule has 0 aromatic carbocycles. The lowest BCUT2D eigenvalue weighted by molar-refractivity contribution is 0.780. The topological polar surface area (TPSA) is 69.6 Å². The zero-order valence-electron chi connectivity index (χ0n) is 11.3.